The number of nitrogens with two attached hydrogens (primary N) is 1. The van der Waals surface area contributed by atoms with Gasteiger partial charge in [-0.25, -0.2) is 8.42 Å². The molecule has 4 rings (SSSR count). The van der Waals surface area contributed by atoms with E-state index in [0.29, 0.717) is 38.4 Å². The molecule has 0 aliphatic carbocycles. The molecule has 1 amide bonds. The van der Waals surface area contributed by atoms with Crippen LogP contribution in [-0.4, -0.2) is 42.7 Å². The third kappa shape index (κ3) is 3.52. The van der Waals surface area contributed by atoms with Crippen LogP contribution < -0.4 is 5.73 Å². The van der Waals surface area contributed by atoms with Crippen LogP contribution >= 0.6 is 0 Å². The maximum Gasteiger partial charge on any atom is 0.276 e. The van der Waals surface area contributed by atoms with Gasteiger partial charge < -0.3 is 10.2 Å². The first-order valence-corrected chi connectivity index (χ1v) is 10.6. The number of carbonyl (C=O) groups is 1. The van der Waals surface area contributed by atoms with Gasteiger partial charge in [-0.1, -0.05) is 24.3 Å². The standard InChI is InChI=1S/C19H23N3O4S/c20-19(23)17-11-14-5-1-2-6-15(14)12-21(17)13-16-7-8-18(26-16)27(24,25)22-9-3-4-10-22/h1-2,5-8,17H,3-4,9-13H2,(H2,20,23)/t17-/m0/s1. The SMILES string of the molecule is NC(=O)[C@@H]1Cc2ccccc2CN1Cc1ccc(S(=O)(=O)N2CCCC2)o1. The van der Waals surface area contributed by atoms with E-state index in [2.05, 4.69) is 0 Å². The summed E-state index contributed by atoms with van der Waals surface area (Å²) in [4.78, 5) is 13.9. The second-order valence-corrected chi connectivity index (χ2v) is 9.00. The molecule has 0 bridgehead atoms. The molecule has 0 saturated carbocycles. The fourth-order valence-corrected chi connectivity index (χ4v) is 5.31. The zero-order valence-electron chi connectivity index (χ0n) is 15.0. The summed E-state index contributed by atoms with van der Waals surface area (Å²) < 4.78 is 32.4. The topological polar surface area (TPSA) is 96.8 Å². The van der Waals surface area contributed by atoms with Gasteiger partial charge >= 0.3 is 0 Å². The number of sulfonamides is 1. The summed E-state index contributed by atoms with van der Waals surface area (Å²) in [6.45, 7) is 1.96. The van der Waals surface area contributed by atoms with E-state index in [9.17, 15) is 13.2 Å². The molecule has 1 aromatic heterocycles. The average Bonchev–Trinajstić information content (AvgIpc) is 3.33. The minimum Gasteiger partial charge on any atom is -0.447 e. The van der Waals surface area contributed by atoms with Crippen LogP contribution in [0.3, 0.4) is 0 Å². The first-order valence-electron chi connectivity index (χ1n) is 9.14. The summed E-state index contributed by atoms with van der Waals surface area (Å²) >= 11 is 0. The number of nitrogens with zero attached hydrogens (tertiary/aromatic N) is 2. The Balaban J connectivity index is 1.55. The molecule has 0 spiro atoms. The highest BCUT2D eigenvalue weighted by Gasteiger charge is 2.32. The van der Waals surface area contributed by atoms with Gasteiger partial charge in [0.05, 0.1) is 12.6 Å². The highest BCUT2D eigenvalue weighted by Crippen LogP contribution is 2.27. The fraction of sp³-hybridized carbons (Fsp3) is 0.421. The maximum atomic E-state index is 12.6. The second-order valence-electron chi connectivity index (χ2n) is 7.13. The smallest absolute Gasteiger partial charge is 0.276 e. The monoisotopic (exact) mass is 389 g/mol. The van der Waals surface area contributed by atoms with E-state index in [1.165, 1.54) is 10.4 Å². The lowest BCUT2D eigenvalue weighted by molar-refractivity contribution is -0.124. The van der Waals surface area contributed by atoms with Crippen LogP contribution in [0.5, 0.6) is 0 Å². The largest absolute Gasteiger partial charge is 0.447 e. The molecule has 2 N–H and O–H groups in total. The number of amides is 1. The minimum atomic E-state index is -3.58. The summed E-state index contributed by atoms with van der Waals surface area (Å²) in [6.07, 6.45) is 2.30. The molecular formula is C19H23N3O4S. The molecule has 1 aromatic carbocycles. The van der Waals surface area contributed by atoms with Crippen molar-refractivity contribution in [2.75, 3.05) is 13.1 Å². The lowest BCUT2D eigenvalue weighted by Gasteiger charge is -2.34. The highest BCUT2D eigenvalue weighted by molar-refractivity contribution is 7.89. The van der Waals surface area contributed by atoms with E-state index in [4.69, 9.17) is 10.2 Å². The van der Waals surface area contributed by atoms with Crippen molar-refractivity contribution in [2.45, 2.75) is 43.5 Å². The van der Waals surface area contributed by atoms with Gasteiger partial charge in [0.1, 0.15) is 5.76 Å². The Morgan fingerprint density at radius 2 is 1.81 bits per heavy atom. The zero-order valence-corrected chi connectivity index (χ0v) is 15.8. The average molecular weight is 389 g/mol. The maximum absolute atomic E-state index is 12.6. The third-order valence-electron chi connectivity index (χ3n) is 5.33. The minimum absolute atomic E-state index is 0.0348. The van der Waals surface area contributed by atoms with Gasteiger partial charge in [0, 0.05) is 19.6 Å². The van der Waals surface area contributed by atoms with E-state index in [0.717, 1.165) is 24.0 Å². The molecule has 2 aliphatic heterocycles. The van der Waals surface area contributed by atoms with E-state index < -0.39 is 16.1 Å². The van der Waals surface area contributed by atoms with Crippen molar-refractivity contribution in [1.82, 2.24) is 9.21 Å². The molecule has 144 valence electrons. The van der Waals surface area contributed by atoms with Crippen molar-refractivity contribution in [3.8, 4) is 0 Å². The van der Waals surface area contributed by atoms with Crippen molar-refractivity contribution in [2.24, 2.45) is 5.73 Å². The lowest BCUT2D eigenvalue weighted by Crippen LogP contribution is -2.48. The van der Waals surface area contributed by atoms with Crippen molar-refractivity contribution in [3.05, 3.63) is 53.3 Å². The van der Waals surface area contributed by atoms with E-state index >= 15 is 0 Å². The number of carbonyl (C=O) groups excluding carboxylic acids is 1. The molecule has 0 radical (unpaired) electrons. The van der Waals surface area contributed by atoms with Crippen LogP contribution in [0.25, 0.3) is 0 Å². The normalized spacial score (nSPS) is 21.3. The Morgan fingerprint density at radius 3 is 2.52 bits per heavy atom. The highest BCUT2D eigenvalue weighted by atomic mass is 32.2. The summed E-state index contributed by atoms with van der Waals surface area (Å²) in [5, 5.41) is -0.0348. The van der Waals surface area contributed by atoms with Gasteiger partial charge in [0.2, 0.25) is 11.0 Å². The van der Waals surface area contributed by atoms with Gasteiger partial charge in [-0.15, -0.1) is 0 Å². The predicted molar refractivity (Wildman–Crippen MR) is 99.1 cm³/mol. The van der Waals surface area contributed by atoms with Crippen molar-refractivity contribution >= 4 is 15.9 Å². The molecule has 1 fully saturated rings. The predicted octanol–water partition coefficient (Wildman–Crippen LogP) is 1.48. The summed E-state index contributed by atoms with van der Waals surface area (Å²) in [5.41, 5.74) is 7.88. The fourth-order valence-electron chi connectivity index (χ4n) is 3.86. The van der Waals surface area contributed by atoms with Crippen LogP contribution in [0.15, 0.2) is 45.9 Å². The van der Waals surface area contributed by atoms with Gasteiger partial charge in [-0.05, 0) is 42.5 Å². The Hall–Kier alpha value is -2.16. The van der Waals surface area contributed by atoms with Crippen molar-refractivity contribution in [1.29, 1.82) is 0 Å². The molecule has 7 nitrogen and oxygen atoms in total. The van der Waals surface area contributed by atoms with E-state index in [1.54, 1.807) is 6.07 Å². The number of hydrogen-bond acceptors (Lipinski definition) is 5. The van der Waals surface area contributed by atoms with Crippen LogP contribution in [0.4, 0.5) is 0 Å². The first-order chi connectivity index (χ1) is 12.9. The number of hydrogen-bond donors (Lipinski definition) is 1. The van der Waals surface area contributed by atoms with Crippen LogP contribution in [0.2, 0.25) is 0 Å². The number of furan rings is 1. The Labute approximate surface area is 158 Å². The zero-order chi connectivity index (χ0) is 19.0. The summed E-state index contributed by atoms with van der Waals surface area (Å²) in [7, 11) is -3.58. The number of fused-ring (bicyclic) bond motifs is 1. The summed E-state index contributed by atoms with van der Waals surface area (Å²) in [6, 6.07) is 10.7. The molecule has 1 atom stereocenters. The van der Waals surface area contributed by atoms with Crippen molar-refractivity contribution < 1.29 is 17.6 Å². The summed E-state index contributed by atoms with van der Waals surface area (Å²) in [5.74, 6) is 0.124. The molecular weight excluding hydrogens is 366 g/mol. The van der Waals surface area contributed by atoms with Crippen LogP contribution in [0, 0.1) is 0 Å². The molecule has 27 heavy (non-hydrogen) atoms. The number of benzene rings is 1. The molecule has 0 unspecified atom stereocenters. The molecule has 2 aromatic rings. The Bertz CT molecular complexity index is 947. The van der Waals surface area contributed by atoms with Gasteiger partial charge in [0.25, 0.3) is 10.0 Å². The number of rotatable bonds is 5. The molecule has 8 heteroatoms. The quantitative estimate of drug-likeness (QED) is 0.835. The molecule has 3 heterocycles. The first kappa shape index (κ1) is 18.2. The van der Waals surface area contributed by atoms with Gasteiger partial charge in [-0.3, -0.25) is 9.69 Å². The van der Waals surface area contributed by atoms with Crippen LogP contribution in [-0.2, 0) is 34.3 Å². The van der Waals surface area contributed by atoms with Gasteiger partial charge in [-0.2, -0.15) is 4.31 Å². The van der Waals surface area contributed by atoms with Crippen molar-refractivity contribution in [3.63, 3.8) is 0 Å². The Kier molecular flexibility index (Phi) is 4.79. The van der Waals surface area contributed by atoms with E-state index in [-0.39, 0.29) is 11.0 Å². The molecule has 2 aliphatic rings. The number of primary amides is 1. The van der Waals surface area contributed by atoms with Gasteiger partial charge in [0.15, 0.2) is 0 Å². The van der Waals surface area contributed by atoms with Crippen LogP contribution in [0.1, 0.15) is 29.7 Å². The lowest BCUT2D eigenvalue weighted by atomic mass is 9.93. The third-order valence-corrected chi connectivity index (χ3v) is 7.10. The van der Waals surface area contributed by atoms with E-state index in [1.807, 2.05) is 29.2 Å². The second kappa shape index (κ2) is 7.10. The Morgan fingerprint density at radius 1 is 1.11 bits per heavy atom. The molecule has 1 saturated heterocycles.